The van der Waals surface area contributed by atoms with Crippen molar-refractivity contribution in [2.75, 3.05) is 6.61 Å². The molecule has 0 N–H and O–H groups in total. The summed E-state index contributed by atoms with van der Waals surface area (Å²) in [7, 11) is 0. The monoisotopic (exact) mass is 254 g/mol. The normalized spacial score (nSPS) is 28.3. The minimum absolute atomic E-state index is 0.00215. The summed E-state index contributed by atoms with van der Waals surface area (Å²) >= 11 is 1.45. The molecule has 96 valence electrons. The van der Waals surface area contributed by atoms with Gasteiger partial charge in [-0.2, -0.15) is 0 Å². The lowest BCUT2D eigenvalue weighted by atomic mass is 9.94. The Hall–Kier alpha value is -0.460. The highest BCUT2D eigenvalue weighted by Crippen LogP contribution is 2.44. The number of thioether (sulfide) groups is 1. The van der Waals surface area contributed by atoms with E-state index in [-0.39, 0.29) is 16.0 Å². The van der Waals surface area contributed by atoms with Gasteiger partial charge in [0.1, 0.15) is 6.61 Å². The van der Waals surface area contributed by atoms with Crippen LogP contribution >= 0.6 is 11.8 Å². The number of rotatable bonds is 7. The van der Waals surface area contributed by atoms with Gasteiger partial charge in [-0.3, -0.25) is 4.79 Å². The molecule has 1 aliphatic rings. The van der Waals surface area contributed by atoms with Gasteiger partial charge >= 0.3 is 0 Å². The van der Waals surface area contributed by atoms with E-state index in [1.54, 1.807) is 0 Å². The summed E-state index contributed by atoms with van der Waals surface area (Å²) in [6.45, 7) is 4.65. The predicted molar refractivity (Wildman–Crippen MR) is 73.0 cm³/mol. The van der Waals surface area contributed by atoms with E-state index in [0.717, 1.165) is 6.42 Å². The molecule has 2 nitrogen and oxygen atoms in total. The molecule has 1 saturated heterocycles. The summed E-state index contributed by atoms with van der Waals surface area (Å²) in [5.74, 6) is 2.48. The fourth-order valence-corrected chi connectivity index (χ4v) is 3.52. The van der Waals surface area contributed by atoms with Crippen molar-refractivity contribution in [1.82, 2.24) is 0 Å². The molecule has 0 aromatic heterocycles. The van der Waals surface area contributed by atoms with Crippen LogP contribution in [0.3, 0.4) is 0 Å². The van der Waals surface area contributed by atoms with Gasteiger partial charge in [0.05, 0.1) is 6.10 Å². The van der Waals surface area contributed by atoms with Crippen molar-refractivity contribution >= 4 is 16.9 Å². The van der Waals surface area contributed by atoms with Gasteiger partial charge in [0.2, 0.25) is 0 Å². The Morgan fingerprint density at radius 2 is 2.29 bits per heavy atom. The maximum atomic E-state index is 11.6. The first kappa shape index (κ1) is 14.6. The molecular weight excluding hydrogens is 232 g/mol. The van der Waals surface area contributed by atoms with E-state index in [4.69, 9.17) is 11.2 Å². The largest absolute Gasteiger partial charge is 0.364 e. The average molecular weight is 254 g/mol. The van der Waals surface area contributed by atoms with Crippen molar-refractivity contribution in [2.24, 2.45) is 0 Å². The molecular formula is C14H22O2S. The first-order valence-corrected chi connectivity index (χ1v) is 7.21. The SMILES string of the molecule is C#CCOC1CC(=O)S[C@]1(C)CCCCCC. The van der Waals surface area contributed by atoms with E-state index in [0.29, 0.717) is 13.0 Å². The molecule has 3 heteroatoms. The number of hydrogen-bond donors (Lipinski definition) is 0. The summed E-state index contributed by atoms with van der Waals surface area (Å²) in [6.07, 6.45) is 11.7. The number of carbonyl (C=O) groups excluding carboxylic acids is 1. The second-order valence-corrected chi connectivity index (χ2v) is 6.40. The lowest BCUT2D eigenvalue weighted by Crippen LogP contribution is -2.33. The molecule has 1 fully saturated rings. The van der Waals surface area contributed by atoms with Crippen LogP contribution in [-0.4, -0.2) is 22.6 Å². The van der Waals surface area contributed by atoms with Crippen LogP contribution in [0.2, 0.25) is 0 Å². The number of carbonyl (C=O) groups is 1. The quantitative estimate of drug-likeness (QED) is 0.514. The van der Waals surface area contributed by atoms with Crippen LogP contribution in [0.15, 0.2) is 0 Å². The highest BCUT2D eigenvalue weighted by atomic mass is 32.2. The summed E-state index contributed by atoms with van der Waals surface area (Å²) in [6, 6.07) is 0. The molecule has 1 unspecified atom stereocenters. The Balaban J connectivity index is 2.45. The summed E-state index contributed by atoms with van der Waals surface area (Å²) in [4.78, 5) is 11.6. The van der Waals surface area contributed by atoms with Gasteiger partial charge in [-0.25, -0.2) is 0 Å². The third-order valence-electron chi connectivity index (χ3n) is 3.27. The van der Waals surface area contributed by atoms with Crippen molar-refractivity contribution in [3.63, 3.8) is 0 Å². The van der Waals surface area contributed by atoms with Gasteiger partial charge in [0.15, 0.2) is 5.12 Å². The van der Waals surface area contributed by atoms with Gasteiger partial charge < -0.3 is 4.74 Å². The fraction of sp³-hybridized carbons (Fsp3) is 0.786. The third-order valence-corrected chi connectivity index (χ3v) is 4.60. The lowest BCUT2D eigenvalue weighted by molar-refractivity contribution is -0.112. The molecule has 0 aromatic carbocycles. The van der Waals surface area contributed by atoms with Gasteiger partial charge in [-0.15, -0.1) is 6.42 Å². The van der Waals surface area contributed by atoms with Crippen LogP contribution in [0.4, 0.5) is 0 Å². The van der Waals surface area contributed by atoms with Crippen molar-refractivity contribution in [1.29, 1.82) is 0 Å². The van der Waals surface area contributed by atoms with Gasteiger partial charge in [0.25, 0.3) is 0 Å². The Morgan fingerprint density at radius 3 is 2.94 bits per heavy atom. The molecule has 0 bridgehead atoms. The Labute approximate surface area is 109 Å². The highest BCUT2D eigenvalue weighted by molar-refractivity contribution is 8.15. The molecule has 0 amide bonds. The second-order valence-electron chi connectivity index (χ2n) is 4.81. The van der Waals surface area contributed by atoms with Crippen LogP contribution in [0, 0.1) is 12.3 Å². The van der Waals surface area contributed by atoms with Gasteiger partial charge in [-0.05, 0) is 13.3 Å². The maximum Gasteiger partial charge on any atom is 0.192 e. The van der Waals surface area contributed by atoms with Crippen molar-refractivity contribution in [3.8, 4) is 12.3 Å². The zero-order chi connectivity index (χ0) is 12.7. The molecule has 17 heavy (non-hydrogen) atoms. The zero-order valence-corrected chi connectivity index (χ0v) is 11.6. The first-order chi connectivity index (χ1) is 8.12. The van der Waals surface area contributed by atoms with Crippen molar-refractivity contribution < 1.29 is 9.53 Å². The van der Waals surface area contributed by atoms with Crippen LogP contribution in [0.25, 0.3) is 0 Å². The van der Waals surface area contributed by atoms with Gasteiger partial charge in [-0.1, -0.05) is 50.3 Å². The summed E-state index contributed by atoms with van der Waals surface area (Å²) in [5.41, 5.74) is 0. The van der Waals surface area contributed by atoms with Crippen LogP contribution < -0.4 is 0 Å². The number of ether oxygens (including phenoxy) is 1. The number of terminal acetylenes is 1. The van der Waals surface area contributed by atoms with Crippen molar-refractivity contribution in [2.45, 2.75) is 63.2 Å². The van der Waals surface area contributed by atoms with E-state index in [1.165, 1.54) is 37.4 Å². The first-order valence-electron chi connectivity index (χ1n) is 6.39. The molecule has 0 aromatic rings. The smallest absolute Gasteiger partial charge is 0.192 e. The van der Waals surface area contributed by atoms with E-state index < -0.39 is 0 Å². The van der Waals surface area contributed by atoms with Crippen LogP contribution in [0.5, 0.6) is 0 Å². The second kappa shape index (κ2) is 7.08. The van der Waals surface area contributed by atoms with Gasteiger partial charge in [0, 0.05) is 11.2 Å². The number of unbranched alkanes of at least 4 members (excludes halogenated alkanes) is 3. The Bertz CT molecular complexity index is 295. The molecule has 2 atom stereocenters. The van der Waals surface area contributed by atoms with E-state index in [9.17, 15) is 4.79 Å². The number of hydrogen-bond acceptors (Lipinski definition) is 3. The summed E-state index contributed by atoms with van der Waals surface area (Å²) < 4.78 is 5.55. The predicted octanol–water partition coefficient (Wildman–Crippen LogP) is 3.40. The third kappa shape index (κ3) is 4.37. The molecule has 0 radical (unpaired) electrons. The lowest BCUT2D eigenvalue weighted by Gasteiger charge is -2.29. The highest BCUT2D eigenvalue weighted by Gasteiger charge is 2.44. The Kier molecular flexibility index (Phi) is 6.08. The summed E-state index contributed by atoms with van der Waals surface area (Å²) in [5, 5.41) is 0.241. The maximum absolute atomic E-state index is 11.6. The standard InChI is InChI=1S/C14H22O2S/c1-4-6-7-8-9-14(3)12(16-10-5-2)11-13(15)17-14/h2,12H,4,6-11H2,1,3H3/t12?,14-/m1/s1. The van der Waals surface area contributed by atoms with E-state index >= 15 is 0 Å². The van der Waals surface area contributed by atoms with Crippen LogP contribution in [0.1, 0.15) is 52.4 Å². The molecule has 0 spiro atoms. The minimum atomic E-state index is -0.0678. The zero-order valence-electron chi connectivity index (χ0n) is 10.8. The molecule has 1 aliphatic heterocycles. The molecule has 0 saturated carbocycles. The van der Waals surface area contributed by atoms with Crippen LogP contribution in [-0.2, 0) is 9.53 Å². The van der Waals surface area contributed by atoms with E-state index in [1.807, 2.05) is 0 Å². The molecule has 1 rings (SSSR count). The average Bonchev–Trinajstić information content (AvgIpc) is 2.57. The van der Waals surface area contributed by atoms with E-state index in [2.05, 4.69) is 19.8 Å². The van der Waals surface area contributed by atoms with Crippen molar-refractivity contribution in [3.05, 3.63) is 0 Å². The topological polar surface area (TPSA) is 26.3 Å². The minimum Gasteiger partial charge on any atom is -0.364 e. The molecule has 1 heterocycles. The molecule has 0 aliphatic carbocycles. The fourth-order valence-electron chi connectivity index (χ4n) is 2.23. The Morgan fingerprint density at radius 1 is 1.53 bits per heavy atom.